The van der Waals surface area contributed by atoms with Gasteiger partial charge in [-0.05, 0) is 30.7 Å². The van der Waals surface area contributed by atoms with Crippen molar-refractivity contribution >= 4 is 17.7 Å². The number of ether oxygens (including phenoxy) is 1. The molecule has 1 aromatic carbocycles. The maximum Gasteiger partial charge on any atom is 0.335 e. The highest BCUT2D eigenvalue weighted by molar-refractivity contribution is 5.91. The summed E-state index contributed by atoms with van der Waals surface area (Å²) in [6.07, 6.45) is 0.738. The van der Waals surface area contributed by atoms with Crippen LogP contribution in [0.25, 0.3) is 0 Å². The van der Waals surface area contributed by atoms with Gasteiger partial charge in [0.05, 0.1) is 5.56 Å². The van der Waals surface area contributed by atoms with Gasteiger partial charge in [0.25, 0.3) is 0 Å². The van der Waals surface area contributed by atoms with Crippen LogP contribution in [0.15, 0.2) is 24.3 Å². The summed E-state index contributed by atoms with van der Waals surface area (Å²) in [5.74, 6) is -0.995. The second kappa shape index (κ2) is 7.29. The average Bonchev–Trinajstić information content (AvgIpc) is 2.35. The summed E-state index contributed by atoms with van der Waals surface area (Å²) < 4.78 is 4.85. The molecule has 0 fully saturated rings. The van der Waals surface area contributed by atoms with Crippen molar-refractivity contribution in [2.45, 2.75) is 6.42 Å². The van der Waals surface area contributed by atoms with E-state index < -0.39 is 5.97 Å². The minimum atomic E-state index is -0.995. The first-order valence-electron chi connectivity index (χ1n) is 5.50. The Labute approximate surface area is 105 Å². The normalized spacial score (nSPS) is 9.83. The molecule has 0 aliphatic rings. The minimum Gasteiger partial charge on any atom is -0.478 e. The van der Waals surface area contributed by atoms with Crippen molar-refractivity contribution in [2.75, 3.05) is 25.6 Å². The third-order valence-electron chi connectivity index (χ3n) is 2.20. The zero-order valence-corrected chi connectivity index (χ0v) is 10.1. The minimum absolute atomic E-state index is 0.182. The third kappa shape index (κ3) is 4.84. The van der Waals surface area contributed by atoms with Crippen molar-refractivity contribution in [3.8, 4) is 0 Å². The van der Waals surface area contributed by atoms with E-state index in [1.54, 1.807) is 7.11 Å². The Morgan fingerprint density at radius 2 is 1.94 bits per heavy atom. The number of aromatic carboxylic acids is 1. The van der Waals surface area contributed by atoms with E-state index in [-0.39, 0.29) is 11.6 Å². The Morgan fingerprint density at radius 3 is 2.50 bits per heavy atom. The Morgan fingerprint density at radius 1 is 1.28 bits per heavy atom. The van der Waals surface area contributed by atoms with Gasteiger partial charge in [0.1, 0.15) is 0 Å². The average molecular weight is 252 g/mol. The second-order valence-corrected chi connectivity index (χ2v) is 3.61. The fraction of sp³-hybridized carbons (Fsp3) is 0.333. The van der Waals surface area contributed by atoms with Crippen LogP contribution in [0.3, 0.4) is 0 Å². The summed E-state index contributed by atoms with van der Waals surface area (Å²) in [5.41, 5.74) is 0.727. The lowest BCUT2D eigenvalue weighted by molar-refractivity contribution is 0.0697. The molecule has 1 rings (SSSR count). The summed E-state index contributed by atoms with van der Waals surface area (Å²) in [5, 5.41) is 14.0. The van der Waals surface area contributed by atoms with Gasteiger partial charge in [-0.2, -0.15) is 0 Å². The number of carbonyl (C=O) groups excluding carboxylic acids is 1. The number of carbonyl (C=O) groups is 2. The maximum absolute atomic E-state index is 11.4. The van der Waals surface area contributed by atoms with Crippen molar-refractivity contribution in [1.29, 1.82) is 0 Å². The third-order valence-corrected chi connectivity index (χ3v) is 2.20. The second-order valence-electron chi connectivity index (χ2n) is 3.61. The standard InChI is InChI=1S/C12H16N2O4/c1-18-8-2-7-13-12(17)14-10-5-3-9(4-6-10)11(15)16/h3-6H,2,7-8H2,1H3,(H,15,16)(H2,13,14,17). The predicted molar refractivity (Wildman–Crippen MR) is 66.9 cm³/mol. The van der Waals surface area contributed by atoms with Gasteiger partial charge in [-0.3, -0.25) is 0 Å². The smallest absolute Gasteiger partial charge is 0.335 e. The van der Waals surface area contributed by atoms with Gasteiger partial charge in [-0.15, -0.1) is 0 Å². The van der Waals surface area contributed by atoms with Crippen LogP contribution >= 0.6 is 0 Å². The van der Waals surface area contributed by atoms with Crippen molar-refractivity contribution in [1.82, 2.24) is 5.32 Å². The molecule has 0 unspecified atom stereocenters. The first-order chi connectivity index (χ1) is 8.63. The number of benzene rings is 1. The zero-order valence-electron chi connectivity index (χ0n) is 10.1. The first kappa shape index (κ1) is 14.0. The Kier molecular flexibility index (Phi) is 5.66. The molecule has 0 aliphatic carbocycles. The highest BCUT2D eigenvalue weighted by atomic mass is 16.5. The van der Waals surface area contributed by atoms with Crippen molar-refractivity contribution < 1.29 is 19.4 Å². The molecule has 0 aromatic heterocycles. The molecule has 2 amide bonds. The largest absolute Gasteiger partial charge is 0.478 e. The summed E-state index contributed by atoms with van der Waals surface area (Å²) >= 11 is 0. The number of nitrogens with one attached hydrogen (secondary N) is 2. The molecule has 0 heterocycles. The van der Waals surface area contributed by atoms with Gasteiger partial charge in [0.15, 0.2) is 0 Å². The van der Waals surface area contributed by atoms with Gasteiger partial charge in [0.2, 0.25) is 0 Å². The molecule has 6 heteroatoms. The van der Waals surface area contributed by atoms with Crippen LogP contribution in [0.4, 0.5) is 10.5 Å². The summed E-state index contributed by atoms with van der Waals surface area (Å²) in [6.45, 7) is 1.11. The molecular formula is C12H16N2O4. The number of carboxylic acids is 1. The topological polar surface area (TPSA) is 87.7 Å². The van der Waals surface area contributed by atoms with E-state index in [9.17, 15) is 9.59 Å². The molecule has 0 saturated carbocycles. The lowest BCUT2D eigenvalue weighted by atomic mass is 10.2. The van der Waals surface area contributed by atoms with Crippen molar-refractivity contribution in [2.24, 2.45) is 0 Å². The van der Waals surface area contributed by atoms with Crippen molar-refractivity contribution in [3.05, 3.63) is 29.8 Å². The number of rotatable bonds is 6. The molecule has 0 spiro atoms. The van der Waals surface area contributed by atoms with Gasteiger partial charge in [-0.1, -0.05) is 0 Å². The maximum atomic E-state index is 11.4. The van der Waals surface area contributed by atoms with Gasteiger partial charge in [-0.25, -0.2) is 9.59 Å². The SMILES string of the molecule is COCCCNC(=O)Nc1ccc(C(=O)O)cc1. The van der Waals surface area contributed by atoms with Crippen LogP contribution in [-0.4, -0.2) is 37.4 Å². The molecule has 0 bridgehead atoms. The number of anilines is 1. The number of methoxy groups -OCH3 is 1. The molecule has 6 nitrogen and oxygen atoms in total. The van der Waals surface area contributed by atoms with Crippen LogP contribution in [0.1, 0.15) is 16.8 Å². The molecule has 0 aliphatic heterocycles. The van der Waals surface area contributed by atoms with E-state index in [2.05, 4.69) is 10.6 Å². The molecule has 3 N–H and O–H groups in total. The first-order valence-corrected chi connectivity index (χ1v) is 5.50. The molecule has 98 valence electrons. The number of hydrogen-bond acceptors (Lipinski definition) is 3. The molecule has 1 aromatic rings. The predicted octanol–water partition coefficient (Wildman–Crippen LogP) is 1.54. The highest BCUT2D eigenvalue weighted by Crippen LogP contribution is 2.09. The zero-order chi connectivity index (χ0) is 13.4. The van der Waals surface area contributed by atoms with E-state index >= 15 is 0 Å². The molecule has 0 saturated heterocycles. The Bertz CT molecular complexity index is 403. The van der Waals surface area contributed by atoms with Crippen LogP contribution in [-0.2, 0) is 4.74 Å². The highest BCUT2D eigenvalue weighted by Gasteiger charge is 2.03. The van der Waals surface area contributed by atoms with Gasteiger partial charge < -0.3 is 20.5 Å². The Balaban J connectivity index is 2.37. The lowest BCUT2D eigenvalue weighted by Gasteiger charge is -2.07. The van der Waals surface area contributed by atoms with E-state index in [1.807, 2.05) is 0 Å². The molecular weight excluding hydrogens is 236 g/mol. The van der Waals surface area contributed by atoms with Crippen molar-refractivity contribution in [3.63, 3.8) is 0 Å². The number of hydrogen-bond donors (Lipinski definition) is 3. The molecule has 0 radical (unpaired) electrons. The van der Waals surface area contributed by atoms with Gasteiger partial charge >= 0.3 is 12.0 Å². The quantitative estimate of drug-likeness (QED) is 0.670. The number of urea groups is 1. The Hall–Kier alpha value is -2.08. The van der Waals surface area contributed by atoms with E-state index in [4.69, 9.17) is 9.84 Å². The summed E-state index contributed by atoms with van der Waals surface area (Å²) in [6, 6.07) is 5.62. The monoisotopic (exact) mass is 252 g/mol. The number of amides is 2. The van der Waals surface area contributed by atoms with E-state index in [0.29, 0.717) is 18.8 Å². The fourth-order valence-electron chi connectivity index (χ4n) is 1.29. The fourth-order valence-corrected chi connectivity index (χ4v) is 1.29. The lowest BCUT2D eigenvalue weighted by Crippen LogP contribution is -2.30. The van der Waals surface area contributed by atoms with Gasteiger partial charge in [0, 0.05) is 25.9 Å². The van der Waals surface area contributed by atoms with Crippen LogP contribution in [0, 0.1) is 0 Å². The molecule has 0 atom stereocenters. The summed E-state index contributed by atoms with van der Waals surface area (Å²) in [7, 11) is 1.60. The van der Waals surface area contributed by atoms with Crippen LogP contribution in [0.2, 0.25) is 0 Å². The van der Waals surface area contributed by atoms with Crippen LogP contribution in [0.5, 0.6) is 0 Å². The van der Waals surface area contributed by atoms with E-state index in [0.717, 1.165) is 6.42 Å². The van der Waals surface area contributed by atoms with Crippen LogP contribution < -0.4 is 10.6 Å². The number of carboxylic acid groups (broad SMARTS) is 1. The summed E-state index contributed by atoms with van der Waals surface area (Å²) in [4.78, 5) is 22.0. The van der Waals surface area contributed by atoms with E-state index in [1.165, 1.54) is 24.3 Å². The molecule has 18 heavy (non-hydrogen) atoms.